The third-order valence-corrected chi connectivity index (χ3v) is 15.9. The number of nitrogens with zero attached hydrogens (tertiary/aromatic N) is 2. The van der Waals surface area contributed by atoms with Crippen LogP contribution in [-0.2, 0) is 34.6 Å². The largest absolute Gasteiger partial charge is 0.508 e. The summed E-state index contributed by atoms with van der Waals surface area (Å²) in [4.78, 5) is 41.3. The minimum Gasteiger partial charge on any atom is -0.508 e. The Morgan fingerprint density at radius 1 is 0.492 bits per heavy atom. The molecule has 0 amide bonds. The van der Waals surface area contributed by atoms with Crippen molar-refractivity contribution in [1.82, 2.24) is 0 Å². The fraction of sp³-hybridized carbons (Fsp3) is 0.159. The van der Waals surface area contributed by atoms with Gasteiger partial charge in [0.2, 0.25) is 0 Å². The van der Waals surface area contributed by atoms with Crippen LogP contribution in [0.3, 0.4) is 0 Å². The van der Waals surface area contributed by atoms with Gasteiger partial charge in [-0.25, -0.2) is 9.59 Å². The number of aromatic hydroxyl groups is 2. The number of nitro groups is 1. The zero-order chi connectivity index (χ0) is 90.2. The minimum atomic E-state index is -3.54. The van der Waals surface area contributed by atoms with E-state index in [0.29, 0.717) is 36.7 Å². The topological polar surface area (TPSA) is 434 Å². The number of nitro benzene ring substituents is 1. The Labute approximate surface area is 722 Å². The fourth-order valence-corrected chi connectivity index (χ4v) is 11.6. The lowest BCUT2D eigenvalue weighted by Crippen LogP contribution is -2.13. The van der Waals surface area contributed by atoms with Crippen LogP contribution in [0.25, 0.3) is 0 Å². The molecule has 0 aliphatic rings. The Hall–Kier alpha value is -9.17. The van der Waals surface area contributed by atoms with Crippen LogP contribution in [0.1, 0.15) is 45.4 Å². The number of aldehydes is 1. The fourth-order valence-electron chi connectivity index (χ4n) is 7.32. The molecule has 0 spiro atoms. The van der Waals surface area contributed by atoms with Gasteiger partial charge in [-0.15, -0.1) is 0 Å². The van der Waals surface area contributed by atoms with Gasteiger partial charge in [-0.3, -0.25) is 14.9 Å². The number of methoxy groups -OCH3 is 1. The number of nitriles is 1. The van der Waals surface area contributed by atoms with Crippen molar-refractivity contribution in [2.75, 3.05) is 31.1 Å². The number of halogens is 20. The third-order valence-electron chi connectivity index (χ3n) is 11.7. The van der Waals surface area contributed by atoms with Gasteiger partial charge in [0.15, 0.2) is 18.3 Å². The molecule has 0 saturated carbocycles. The van der Waals surface area contributed by atoms with Gasteiger partial charge in [-0.2, -0.15) is 66.0 Å². The summed E-state index contributed by atoms with van der Waals surface area (Å²) < 4.78 is 197. The minimum absolute atomic E-state index is 0.00606. The second-order valence-electron chi connectivity index (χ2n) is 21.0. The van der Waals surface area contributed by atoms with Gasteiger partial charge in [-0.05, 0) is 184 Å². The second kappa shape index (κ2) is 53.4. The van der Waals surface area contributed by atoms with E-state index in [2.05, 4.69) is 84.6 Å². The molecule has 27 nitrogen and oxygen atoms in total. The molecule has 0 fully saturated rings. The van der Waals surface area contributed by atoms with Crippen molar-refractivity contribution >= 4 is 185 Å². The predicted molar refractivity (Wildman–Crippen MR) is 425 cm³/mol. The van der Waals surface area contributed by atoms with Crippen LogP contribution in [0.4, 0.5) is 61.0 Å². The van der Waals surface area contributed by atoms with Gasteiger partial charge < -0.3 is 78.9 Å². The van der Waals surface area contributed by atoms with Crippen LogP contribution in [0.15, 0.2) is 183 Å². The van der Waals surface area contributed by atoms with Crippen LogP contribution in [0.5, 0.6) is 51.7 Å². The van der Waals surface area contributed by atoms with Crippen molar-refractivity contribution in [1.29, 1.82) is 5.26 Å². The normalized spacial score (nSPS) is 11.2. The van der Waals surface area contributed by atoms with Crippen LogP contribution >= 0.6 is 129 Å². The summed E-state index contributed by atoms with van der Waals surface area (Å²) in [5.41, 5.74) is 12.0. The Morgan fingerprint density at radius 2 is 0.856 bits per heavy atom. The molecule has 118 heavy (non-hydrogen) atoms. The van der Waals surface area contributed by atoms with Gasteiger partial charge in [0, 0.05) is 73.0 Å². The number of aliphatic hydroxyl groups excluding tert-OH is 3. The summed E-state index contributed by atoms with van der Waals surface area (Å²) in [6.45, 7) is -14.8. The number of non-ortho nitro benzene ring substituents is 1. The number of carbonyl (C=O) groups excluding carboxylic acids is 2. The molecule has 9 rings (SSSR count). The maximum absolute atomic E-state index is 12.0. The number of hydrogen-bond acceptors (Lipinski definition) is 25. The van der Waals surface area contributed by atoms with E-state index in [4.69, 9.17) is 118 Å². The number of phenolic OH excluding ortho intramolecular Hbond substituents is 2. The molecule has 3 unspecified atom stereocenters. The van der Waals surface area contributed by atoms with E-state index in [-0.39, 0.29) is 105 Å². The van der Waals surface area contributed by atoms with Gasteiger partial charge in [0.1, 0.15) is 58.0 Å². The number of carboxylic acids is 1. The average molecular weight is 2050 g/mol. The molecule has 0 aliphatic heterocycles. The predicted octanol–water partition coefficient (Wildman–Crippen LogP) is 19.9. The Bertz CT molecular complexity index is 4950. The lowest BCUT2D eigenvalue weighted by molar-refractivity contribution is -0.384. The molecule has 642 valence electrons. The number of anilines is 2. The molecule has 0 radical (unpaired) electrons. The highest BCUT2D eigenvalue weighted by molar-refractivity contribution is 9.11. The molecule has 49 heteroatoms. The van der Waals surface area contributed by atoms with Gasteiger partial charge in [0.05, 0.1) is 41.3 Å². The monoisotopic (exact) mass is 2040 g/mol. The molecule has 3 atom stereocenters. The summed E-state index contributed by atoms with van der Waals surface area (Å²) in [5.74, 6) is -2.65. The average Bonchev–Trinajstić information content (AvgIpc) is 0.851. The Kier molecular flexibility index (Phi) is 48.3. The zero-order valence-electron chi connectivity index (χ0n) is 58.9. The summed E-state index contributed by atoms with van der Waals surface area (Å²) >= 11 is 48.5. The number of phenols is 2. The molecule has 0 bridgehead atoms. The molecule has 0 aromatic heterocycles. The standard InChI is InChI=1S/C10H9ClF2O4.C9H6ClF2NO2.C9H7ClF2O4.C8H5ClF2O2.C7H4BrClF2O.C7H7BrClNO3S.C7H9NO3S.C6H4BrClO.C6H5NO3/c1-16-9(15)8(14)5-2-6(11)4-7(3-5)17-10(12)13;10-6-1-5(8(14)4-13)2-7(3-6)15-9(11)12;10-5-1-4(7(13)8(14)15)2-6(3-5)16-9(11)12;9-6-1-5(4-12)2-7(3-6)13-8(10)11;8-4-1-5(9)3-6(2-4)12-7(10)11;1-14(11,12)13-4-2-5(8)7(10)6(9)3-4;1-12(9,10)11-7-4-2-6(8)3-5-7;7-4-1-5(8)3-6(9)2-4;8-6-3-1-5(2-4-6)7(9)10/h2-4,8,10,14H,1H3;1-3,8-9,14H;1-3,7,9,13H,(H,14,15);1-4,8H;1-3,7H;2-3H,10H2,1H3;2-5H,8H2,1H3;1-3,9H;1-4,8H. The maximum Gasteiger partial charge on any atom is 0.387 e. The quantitative estimate of drug-likeness (QED) is 0.00484. The van der Waals surface area contributed by atoms with E-state index < -0.39 is 88.5 Å². The third kappa shape index (κ3) is 47.4. The molecule has 9 aromatic carbocycles. The molecule has 0 heterocycles. The van der Waals surface area contributed by atoms with Crippen molar-refractivity contribution in [3.05, 3.63) is 251 Å². The maximum atomic E-state index is 12.0. The van der Waals surface area contributed by atoms with Crippen LogP contribution < -0.4 is 43.5 Å². The van der Waals surface area contributed by atoms with Gasteiger partial charge in [-0.1, -0.05) is 113 Å². The van der Waals surface area contributed by atoms with E-state index in [1.54, 1.807) is 36.4 Å². The number of aliphatic hydroxyl groups is 3. The van der Waals surface area contributed by atoms with Crippen LogP contribution in [0.2, 0.25) is 35.2 Å². The van der Waals surface area contributed by atoms with Crippen LogP contribution in [0, 0.1) is 21.4 Å². The van der Waals surface area contributed by atoms with Crippen LogP contribution in [-0.4, -0.2) is 123 Å². The number of carbonyl (C=O) groups is 3. The Balaban J connectivity index is 0.000000667. The first-order valence-electron chi connectivity index (χ1n) is 30.3. The molecule has 0 saturated heterocycles. The van der Waals surface area contributed by atoms with Crippen molar-refractivity contribution in [2.24, 2.45) is 0 Å². The number of carboxylic acid groups (broad SMARTS) is 1. The SMILES string of the molecule is COC(=O)C(O)c1cc(Cl)cc(OC(F)F)c1.CS(=O)(=O)Oc1cc(Cl)c(N)c(Br)c1.CS(=O)(=O)Oc1ccc(N)cc1.FC(F)Oc1cc(Cl)cc(Br)c1.N#CC(O)c1cc(Cl)cc(OC(F)F)c1.O=C(O)C(O)c1cc(Cl)cc(OC(F)F)c1.O=Cc1cc(Cl)cc(OC(F)F)c1.O=[N+]([O-])c1ccc(O)cc1.Oc1cc(Cl)cc(Br)c1. The summed E-state index contributed by atoms with van der Waals surface area (Å²) in [6, 6.07) is 38.6. The number of benzene rings is 9. The summed E-state index contributed by atoms with van der Waals surface area (Å²) in [6.07, 6.45) is -2.40. The molecule has 0 aliphatic carbocycles. The van der Waals surface area contributed by atoms with Crippen molar-refractivity contribution < 1.29 is 147 Å². The lowest BCUT2D eigenvalue weighted by atomic mass is 10.1. The second-order valence-corrected chi connectivity index (χ2v) is 29.9. The summed E-state index contributed by atoms with van der Waals surface area (Å²) in [5, 5.41) is 73.8. The number of nitrogens with two attached hydrogens (primary N) is 2. The van der Waals surface area contributed by atoms with Gasteiger partial charge in [0.25, 0.3) is 5.69 Å². The first-order valence-corrected chi connectivity index (χ1v) is 39.0. The number of rotatable bonds is 21. The lowest BCUT2D eigenvalue weighted by Gasteiger charge is -2.11. The van der Waals surface area contributed by atoms with E-state index >= 15 is 0 Å². The zero-order valence-corrected chi connectivity index (χ0v) is 70.6. The molecule has 9 aromatic rings. The first-order chi connectivity index (χ1) is 54.7. The number of alkyl halides is 10. The number of nitrogen functional groups attached to an aromatic ring is 2. The van der Waals surface area contributed by atoms with E-state index in [9.17, 15) is 95.5 Å². The van der Waals surface area contributed by atoms with Gasteiger partial charge >= 0.3 is 65.2 Å². The Morgan fingerprint density at radius 3 is 1.21 bits per heavy atom. The van der Waals surface area contributed by atoms with E-state index in [1.807, 2.05) is 0 Å². The first kappa shape index (κ1) is 107. The molecular formula is C69H56Br3Cl7F10N4O23S2. The van der Waals surface area contributed by atoms with E-state index in [0.717, 1.165) is 60.5 Å². The highest BCUT2D eigenvalue weighted by Crippen LogP contribution is 2.35. The summed E-state index contributed by atoms with van der Waals surface area (Å²) in [7, 11) is -5.88. The molecular weight excluding hydrogens is 1990 g/mol. The highest BCUT2D eigenvalue weighted by atomic mass is 79.9. The number of ether oxygens (including phenoxy) is 6. The smallest absolute Gasteiger partial charge is 0.387 e. The number of aliphatic carboxylic acids is 1. The number of hydrogen-bond donors (Lipinski definition) is 8. The van der Waals surface area contributed by atoms with Crippen molar-refractivity contribution in [3.63, 3.8) is 0 Å². The van der Waals surface area contributed by atoms with E-state index in [1.165, 1.54) is 103 Å². The highest BCUT2D eigenvalue weighted by Gasteiger charge is 2.22. The molecule has 10 N–H and O–H groups in total. The number of esters is 1. The van der Waals surface area contributed by atoms with Crippen molar-refractivity contribution in [3.8, 4) is 57.8 Å². The van der Waals surface area contributed by atoms with Crippen molar-refractivity contribution in [2.45, 2.75) is 51.4 Å².